The van der Waals surface area contributed by atoms with E-state index in [0.717, 1.165) is 31.7 Å². The van der Waals surface area contributed by atoms with Crippen LogP contribution in [0.15, 0.2) is 54.6 Å². The average molecular weight is 380 g/mol. The van der Waals surface area contributed by atoms with Crippen LogP contribution in [0.25, 0.3) is 0 Å². The molecule has 28 heavy (non-hydrogen) atoms. The van der Waals surface area contributed by atoms with E-state index in [-0.39, 0.29) is 11.9 Å². The molecule has 2 aliphatic rings. The largest absolute Gasteiger partial charge is 0.378 e. The number of piperazine rings is 1. The predicted molar refractivity (Wildman–Crippen MR) is 112 cm³/mol. The van der Waals surface area contributed by atoms with Gasteiger partial charge in [-0.3, -0.25) is 9.69 Å². The monoisotopic (exact) mass is 379 g/mol. The van der Waals surface area contributed by atoms with Crippen LogP contribution >= 0.6 is 0 Å². The van der Waals surface area contributed by atoms with Crippen LogP contribution < -0.4 is 4.90 Å². The van der Waals surface area contributed by atoms with Crippen LogP contribution in [0.5, 0.6) is 0 Å². The van der Waals surface area contributed by atoms with E-state index in [1.54, 1.807) is 0 Å². The maximum absolute atomic E-state index is 13.4. The number of aryl methyl sites for hydroxylation is 1. The third kappa shape index (κ3) is 4.05. The van der Waals surface area contributed by atoms with Crippen LogP contribution in [0, 0.1) is 6.92 Å². The Morgan fingerprint density at radius 2 is 1.50 bits per heavy atom. The van der Waals surface area contributed by atoms with E-state index < -0.39 is 0 Å². The quantitative estimate of drug-likeness (QED) is 0.818. The van der Waals surface area contributed by atoms with Crippen molar-refractivity contribution in [1.29, 1.82) is 0 Å². The van der Waals surface area contributed by atoms with E-state index in [2.05, 4.69) is 53.1 Å². The molecule has 0 aromatic heterocycles. The third-order valence-corrected chi connectivity index (χ3v) is 5.81. The first kappa shape index (κ1) is 19.0. The fourth-order valence-electron chi connectivity index (χ4n) is 4.24. The molecule has 5 heteroatoms. The van der Waals surface area contributed by atoms with Gasteiger partial charge in [-0.1, -0.05) is 48.5 Å². The molecule has 2 saturated heterocycles. The van der Waals surface area contributed by atoms with Gasteiger partial charge in [-0.15, -0.1) is 0 Å². The van der Waals surface area contributed by atoms with Crippen molar-refractivity contribution >= 4 is 11.6 Å². The predicted octanol–water partition coefficient (Wildman–Crippen LogP) is 2.72. The number of benzene rings is 2. The number of amides is 1. The Hall–Kier alpha value is -2.37. The second-order valence-electron chi connectivity index (χ2n) is 7.56. The highest BCUT2D eigenvalue weighted by atomic mass is 16.5. The van der Waals surface area contributed by atoms with Gasteiger partial charge in [-0.05, 0) is 24.1 Å². The van der Waals surface area contributed by atoms with Crippen molar-refractivity contribution in [1.82, 2.24) is 9.80 Å². The summed E-state index contributed by atoms with van der Waals surface area (Å²) in [5.74, 6) is 0.207. The number of rotatable bonds is 4. The Morgan fingerprint density at radius 3 is 2.18 bits per heavy atom. The minimum atomic E-state index is -0.210. The Kier molecular flexibility index (Phi) is 5.93. The Balaban J connectivity index is 1.51. The van der Waals surface area contributed by atoms with Crippen molar-refractivity contribution in [2.24, 2.45) is 0 Å². The lowest BCUT2D eigenvalue weighted by Gasteiger charge is -2.42. The van der Waals surface area contributed by atoms with Crippen LogP contribution in [0.2, 0.25) is 0 Å². The second-order valence-corrected chi connectivity index (χ2v) is 7.56. The highest BCUT2D eigenvalue weighted by Gasteiger charge is 2.34. The maximum atomic E-state index is 13.4. The summed E-state index contributed by atoms with van der Waals surface area (Å²) < 4.78 is 5.44. The van der Waals surface area contributed by atoms with Gasteiger partial charge in [-0.25, -0.2) is 0 Å². The fraction of sp³-hybridized carbons (Fsp3) is 0.435. The molecular weight excluding hydrogens is 350 g/mol. The number of hydrogen-bond acceptors (Lipinski definition) is 4. The van der Waals surface area contributed by atoms with Crippen molar-refractivity contribution in [2.45, 2.75) is 13.0 Å². The molecular formula is C23H29N3O2. The first-order valence-corrected chi connectivity index (χ1v) is 10.2. The Bertz CT molecular complexity index is 781. The summed E-state index contributed by atoms with van der Waals surface area (Å²) in [6.07, 6.45) is 0. The lowest BCUT2D eigenvalue weighted by molar-refractivity contribution is -0.141. The molecule has 2 aliphatic heterocycles. The number of ether oxygens (including phenoxy) is 1. The van der Waals surface area contributed by atoms with Gasteiger partial charge in [-0.2, -0.15) is 0 Å². The molecule has 2 aromatic rings. The van der Waals surface area contributed by atoms with E-state index >= 15 is 0 Å². The van der Waals surface area contributed by atoms with Gasteiger partial charge >= 0.3 is 0 Å². The molecule has 0 aliphatic carbocycles. The van der Waals surface area contributed by atoms with Gasteiger partial charge in [0.2, 0.25) is 5.91 Å². The van der Waals surface area contributed by atoms with Gasteiger partial charge in [0.05, 0.1) is 13.2 Å². The molecule has 1 amide bonds. The topological polar surface area (TPSA) is 36.0 Å². The first-order chi connectivity index (χ1) is 13.7. The van der Waals surface area contributed by atoms with E-state index in [1.165, 1.54) is 11.3 Å². The van der Waals surface area contributed by atoms with Gasteiger partial charge in [0, 0.05) is 45.0 Å². The maximum Gasteiger partial charge on any atom is 0.244 e. The van der Waals surface area contributed by atoms with E-state index in [1.807, 2.05) is 23.1 Å². The van der Waals surface area contributed by atoms with Crippen molar-refractivity contribution in [3.63, 3.8) is 0 Å². The molecule has 4 rings (SSSR count). The van der Waals surface area contributed by atoms with Crippen molar-refractivity contribution in [3.8, 4) is 0 Å². The Labute approximate surface area is 167 Å². The average Bonchev–Trinajstić information content (AvgIpc) is 2.76. The molecule has 2 fully saturated rings. The second kappa shape index (κ2) is 8.76. The minimum Gasteiger partial charge on any atom is -0.378 e. The van der Waals surface area contributed by atoms with E-state index in [9.17, 15) is 4.79 Å². The van der Waals surface area contributed by atoms with Crippen LogP contribution in [-0.4, -0.2) is 68.2 Å². The van der Waals surface area contributed by atoms with Crippen molar-refractivity contribution in [2.75, 3.05) is 57.4 Å². The fourth-order valence-corrected chi connectivity index (χ4v) is 4.24. The van der Waals surface area contributed by atoms with Crippen LogP contribution in [0.4, 0.5) is 5.69 Å². The molecule has 0 N–H and O–H groups in total. The van der Waals surface area contributed by atoms with Crippen LogP contribution in [0.1, 0.15) is 17.2 Å². The number of nitrogens with zero attached hydrogens (tertiary/aromatic N) is 3. The van der Waals surface area contributed by atoms with Gasteiger partial charge in [0.1, 0.15) is 6.04 Å². The summed E-state index contributed by atoms with van der Waals surface area (Å²) >= 11 is 0. The molecule has 1 atom stereocenters. The van der Waals surface area contributed by atoms with Crippen molar-refractivity contribution < 1.29 is 9.53 Å². The zero-order valence-corrected chi connectivity index (χ0v) is 16.6. The van der Waals surface area contributed by atoms with E-state index in [0.29, 0.717) is 26.3 Å². The first-order valence-electron chi connectivity index (χ1n) is 10.2. The summed E-state index contributed by atoms with van der Waals surface area (Å²) in [4.78, 5) is 20.2. The molecule has 0 bridgehead atoms. The van der Waals surface area contributed by atoms with Gasteiger partial charge in [0.15, 0.2) is 0 Å². The van der Waals surface area contributed by atoms with Gasteiger partial charge in [0.25, 0.3) is 0 Å². The number of hydrogen-bond donors (Lipinski definition) is 0. The molecule has 0 spiro atoms. The number of carbonyl (C=O) groups excluding carboxylic acids is 1. The zero-order chi connectivity index (χ0) is 19.3. The number of anilines is 1. The van der Waals surface area contributed by atoms with Crippen molar-refractivity contribution in [3.05, 3.63) is 65.7 Å². The lowest BCUT2D eigenvalue weighted by Crippen LogP contribution is -2.53. The summed E-state index contributed by atoms with van der Waals surface area (Å²) in [6.45, 7) is 8.43. The summed E-state index contributed by atoms with van der Waals surface area (Å²) in [5.41, 5.74) is 3.70. The Morgan fingerprint density at radius 1 is 0.857 bits per heavy atom. The van der Waals surface area contributed by atoms with Gasteiger partial charge < -0.3 is 14.5 Å². The summed E-state index contributed by atoms with van der Waals surface area (Å²) in [6, 6.07) is 18.6. The number of carbonyl (C=O) groups is 1. The molecule has 1 unspecified atom stereocenters. The highest BCUT2D eigenvalue weighted by molar-refractivity contribution is 5.83. The lowest BCUT2D eigenvalue weighted by atomic mass is 10.0. The normalized spacial score (nSPS) is 19.5. The highest BCUT2D eigenvalue weighted by Crippen LogP contribution is 2.27. The van der Waals surface area contributed by atoms with Crippen LogP contribution in [-0.2, 0) is 9.53 Å². The smallest absolute Gasteiger partial charge is 0.244 e. The number of morpholine rings is 1. The molecule has 0 radical (unpaired) electrons. The van der Waals surface area contributed by atoms with E-state index in [4.69, 9.17) is 4.74 Å². The standard InChI is InChI=1S/C23H29N3O2/c1-19-7-5-6-10-21(19)24-11-13-25(14-12-24)22(20-8-3-2-4-9-20)23(27)26-15-17-28-18-16-26/h2-10,22H,11-18H2,1H3. The molecule has 0 saturated carbocycles. The molecule has 2 aromatic carbocycles. The SMILES string of the molecule is Cc1ccccc1N1CCN(C(C(=O)N2CCOCC2)c2ccccc2)CC1. The molecule has 5 nitrogen and oxygen atoms in total. The summed E-state index contributed by atoms with van der Waals surface area (Å²) in [5, 5.41) is 0. The third-order valence-electron chi connectivity index (χ3n) is 5.81. The summed E-state index contributed by atoms with van der Waals surface area (Å²) in [7, 11) is 0. The zero-order valence-electron chi connectivity index (χ0n) is 16.6. The molecule has 2 heterocycles. The number of para-hydroxylation sites is 1. The molecule has 148 valence electrons. The van der Waals surface area contributed by atoms with Crippen LogP contribution in [0.3, 0.4) is 0 Å². The minimum absolute atomic E-state index is 0.207.